The first-order chi connectivity index (χ1) is 14.9. The van der Waals surface area contributed by atoms with Gasteiger partial charge >= 0.3 is 0 Å². The largest absolute Gasteiger partial charge is 0.496 e. The average Bonchev–Trinajstić information content (AvgIpc) is 3.16. The number of allylic oxidation sites excluding steroid dienone is 1. The van der Waals surface area contributed by atoms with Crippen LogP contribution in [0.2, 0.25) is 0 Å². The van der Waals surface area contributed by atoms with Gasteiger partial charge in [0.05, 0.1) is 20.0 Å². The van der Waals surface area contributed by atoms with Gasteiger partial charge in [-0.2, -0.15) is 0 Å². The van der Waals surface area contributed by atoms with Crippen LogP contribution in [0.25, 0.3) is 27.7 Å². The van der Waals surface area contributed by atoms with Crippen LogP contribution in [0.3, 0.4) is 0 Å². The van der Waals surface area contributed by atoms with Crippen LogP contribution in [-0.4, -0.2) is 26.2 Å². The minimum absolute atomic E-state index is 0.0979. The monoisotopic (exact) mass is 421 g/mol. The quantitative estimate of drug-likeness (QED) is 0.426. The summed E-state index contributed by atoms with van der Waals surface area (Å²) in [5, 5.41) is 3.92. The van der Waals surface area contributed by atoms with Crippen LogP contribution in [0.5, 0.6) is 11.5 Å². The van der Waals surface area contributed by atoms with E-state index in [1.165, 1.54) is 0 Å². The molecule has 31 heavy (non-hydrogen) atoms. The lowest BCUT2D eigenvalue weighted by molar-refractivity contribution is -0.116. The predicted molar refractivity (Wildman–Crippen MR) is 125 cm³/mol. The summed E-state index contributed by atoms with van der Waals surface area (Å²) in [5.74, 6) is 1.96. The molecule has 2 aromatic carbocycles. The molecule has 0 aliphatic rings. The Bertz CT molecular complexity index is 1060. The van der Waals surface area contributed by atoms with E-state index in [1.54, 1.807) is 19.4 Å². The maximum Gasteiger partial charge on any atom is 0.244 e. The smallest absolute Gasteiger partial charge is 0.244 e. The molecule has 3 aromatic rings. The van der Waals surface area contributed by atoms with Gasteiger partial charge in [0.25, 0.3) is 0 Å². The first kappa shape index (κ1) is 22.5. The van der Waals surface area contributed by atoms with E-state index in [9.17, 15) is 4.79 Å². The molecule has 0 aliphatic carbocycles. The molecule has 164 valence electrons. The Morgan fingerprint density at radius 3 is 2.58 bits per heavy atom. The lowest BCUT2D eigenvalue weighted by Crippen LogP contribution is -2.23. The maximum atomic E-state index is 12.3. The van der Waals surface area contributed by atoms with Gasteiger partial charge in [0.1, 0.15) is 17.1 Å². The van der Waals surface area contributed by atoms with Crippen molar-refractivity contribution in [2.24, 2.45) is 5.92 Å². The van der Waals surface area contributed by atoms with E-state index in [2.05, 4.69) is 19.2 Å². The van der Waals surface area contributed by atoms with Crippen molar-refractivity contribution >= 4 is 22.4 Å². The molecule has 0 spiro atoms. The molecule has 1 N–H and O–H groups in total. The number of carbonyl (C=O) groups is 1. The summed E-state index contributed by atoms with van der Waals surface area (Å²) < 4.78 is 16.9. The van der Waals surface area contributed by atoms with Crippen molar-refractivity contribution in [2.45, 2.75) is 34.1 Å². The second-order valence-electron chi connectivity index (χ2n) is 7.96. The van der Waals surface area contributed by atoms with Gasteiger partial charge in [-0.15, -0.1) is 0 Å². The summed E-state index contributed by atoms with van der Waals surface area (Å²) in [4.78, 5) is 12.3. The lowest BCUT2D eigenvalue weighted by Gasteiger charge is -2.11. The molecule has 3 rings (SSSR count). The topological polar surface area (TPSA) is 60.7 Å². The Morgan fingerprint density at radius 1 is 1.19 bits per heavy atom. The van der Waals surface area contributed by atoms with Crippen LogP contribution in [0, 0.1) is 5.92 Å². The van der Waals surface area contributed by atoms with Gasteiger partial charge < -0.3 is 19.2 Å². The Kier molecular flexibility index (Phi) is 7.40. The normalized spacial score (nSPS) is 11.7. The fraction of sp³-hybridized carbons (Fsp3) is 0.346. The number of rotatable bonds is 9. The minimum Gasteiger partial charge on any atom is -0.496 e. The molecular formula is C26H31NO4. The number of methoxy groups -OCH3 is 1. The first-order valence-electron chi connectivity index (χ1n) is 10.7. The fourth-order valence-corrected chi connectivity index (χ4v) is 3.46. The van der Waals surface area contributed by atoms with Crippen molar-refractivity contribution in [3.8, 4) is 22.6 Å². The zero-order valence-corrected chi connectivity index (χ0v) is 19.0. The average molecular weight is 422 g/mol. The number of furan rings is 1. The van der Waals surface area contributed by atoms with Crippen LogP contribution >= 0.6 is 0 Å². The Morgan fingerprint density at radius 2 is 1.94 bits per heavy atom. The second-order valence-corrected chi connectivity index (χ2v) is 7.96. The molecule has 0 saturated carbocycles. The Balaban J connectivity index is 1.93. The summed E-state index contributed by atoms with van der Waals surface area (Å²) in [7, 11) is 1.62. The number of fused-ring (bicyclic) bond motifs is 1. The Hall–Kier alpha value is -3.21. The number of nitrogens with one attached hydrogen (secondary N) is 1. The fourth-order valence-electron chi connectivity index (χ4n) is 3.46. The highest BCUT2D eigenvalue weighted by molar-refractivity contribution is 6.00. The molecule has 0 unspecified atom stereocenters. The summed E-state index contributed by atoms with van der Waals surface area (Å²) in [6.07, 6.45) is 4.33. The van der Waals surface area contributed by atoms with Gasteiger partial charge in [-0.05, 0) is 55.5 Å². The van der Waals surface area contributed by atoms with Gasteiger partial charge in [-0.3, -0.25) is 4.79 Å². The third kappa shape index (κ3) is 5.48. The summed E-state index contributed by atoms with van der Waals surface area (Å²) in [5.41, 5.74) is 4.45. The van der Waals surface area contributed by atoms with Gasteiger partial charge in [0.15, 0.2) is 0 Å². The number of hydrogen-bond donors (Lipinski definition) is 1. The van der Waals surface area contributed by atoms with E-state index >= 15 is 0 Å². The van der Waals surface area contributed by atoms with E-state index < -0.39 is 0 Å². The molecule has 0 atom stereocenters. The molecule has 1 amide bonds. The predicted octanol–water partition coefficient (Wildman–Crippen LogP) is 6.07. The summed E-state index contributed by atoms with van der Waals surface area (Å²) in [6.45, 7) is 9.46. The molecule has 5 nitrogen and oxygen atoms in total. The highest BCUT2D eigenvalue weighted by atomic mass is 16.5. The third-order valence-corrected chi connectivity index (χ3v) is 5.17. The van der Waals surface area contributed by atoms with Crippen molar-refractivity contribution in [2.75, 3.05) is 20.3 Å². The minimum atomic E-state index is -0.0979. The van der Waals surface area contributed by atoms with Gasteiger partial charge in [0.2, 0.25) is 5.91 Å². The molecule has 1 aromatic heterocycles. The number of hydrogen-bond acceptors (Lipinski definition) is 4. The molecule has 1 heterocycles. The van der Waals surface area contributed by atoms with Crippen LogP contribution in [0.4, 0.5) is 0 Å². The summed E-state index contributed by atoms with van der Waals surface area (Å²) >= 11 is 0. The highest BCUT2D eigenvalue weighted by Gasteiger charge is 2.15. The van der Waals surface area contributed by atoms with E-state index in [4.69, 9.17) is 13.9 Å². The highest BCUT2D eigenvalue weighted by Crippen LogP contribution is 2.37. The molecule has 0 radical (unpaired) electrons. The van der Waals surface area contributed by atoms with E-state index in [-0.39, 0.29) is 5.91 Å². The molecular weight excluding hydrogens is 390 g/mol. The van der Waals surface area contributed by atoms with Crippen molar-refractivity contribution in [3.05, 3.63) is 54.3 Å². The number of benzene rings is 2. The van der Waals surface area contributed by atoms with Crippen LogP contribution < -0.4 is 14.8 Å². The van der Waals surface area contributed by atoms with E-state index in [0.29, 0.717) is 24.8 Å². The first-order valence-corrected chi connectivity index (χ1v) is 10.7. The van der Waals surface area contributed by atoms with E-state index in [0.717, 1.165) is 45.4 Å². The van der Waals surface area contributed by atoms with Gasteiger partial charge in [-0.25, -0.2) is 0 Å². The van der Waals surface area contributed by atoms with Crippen molar-refractivity contribution < 1.29 is 18.7 Å². The number of ether oxygens (including phenoxy) is 2. The van der Waals surface area contributed by atoms with Crippen LogP contribution in [-0.2, 0) is 4.79 Å². The van der Waals surface area contributed by atoms with Crippen LogP contribution in [0.15, 0.2) is 53.2 Å². The standard InChI is InChI=1S/C26H31NO4/c1-6-30-20-9-7-19(8-10-20)23-16-31-25-15-24(29-5)21(14-22(23)25)18(4)13-26(28)27-12-11-17(2)3/h7-10,13-17H,6,11-12H2,1-5H3,(H,27,28)/b18-13+. The molecule has 0 aliphatic heterocycles. The second kappa shape index (κ2) is 10.2. The Labute approximate surface area is 184 Å². The summed E-state index contributed by atoms with van der Waals surface area (Å²) in [6, 6.07) is 11.8. The molecule has 0 bridgehead atoms. The third-order valence-electron chi connectivity index (χ3n) is 5.17. The maximum absolute atomic E-state index is 12.3. The van der Waals surface area contributed by atoms with Crippen molar-refractivity contribution in [1.82, 2.24) is 5.32 Å². The van der Waals surface area contributed by atoms with Gasteiger partial charge in [-0.1, -0.05) is 26.0 Å². The number of carbonyl (C=O) groups excluding carboxylic acids is 1. The lowest BCUT2D eigenvalue weighted by atomic mass is 9.99. The number of amides is 1. The zero-order valence-electron chi connectivity index (χ0n) is 19.0. The molecule has 0 fully saturated rings. The van der Waals surface area contributed by atoms with Crippen LogP contribution in [0.1, 0.15) is 39.7 Å². The van der Waals surface area contributed by atoms with Gasteiger partial charge in [0, 0.05) is 35.2 Å². The zero-order chi connectivity index (χ0) is 22.4. The molecule has 0 saturated heterocycles. The SMILES string of the molecule is CCOc1ccc(-c2coc3cc(OC)c(/C(C)=C/C(=O)NCCC(C)C)cc23)cc1. The van der Waals surface area contributed by atoms with Crippen molar-refractivity contribution in [1.29, 1.82) is 0 Å². The molecule has 5 heteroatoms. The van der Waals surface area contributed by atoms with E-state index in [1.807, 2.05) is 50.2 Å². The van der Waals surface area contributed by atoms with Crippen molar-refractivity contribution in [3.63, 3.8) is 0 Å².